The van der Waals surface area contributed by atoms with Gasteiger partial charge in [0.1, 0.15) is 11.6 Å². The van der Waals surface area contributed by atoms with Crippen molar-refractivity contribution in [1.29, 1.82) is 0 Å². The fourth-order valence-electron chi connectivity index (χ4n) is 3.50. The largest absolute Gasteiger partial charge is 0.497 e. The summed E-state index contributed by atoms with van der Waals surface area (Å²) in [5, 5.41) is 10.9. The van der Waals surface area contributed by atoms with Gasteiger partial charge >= 0.3 is 0 Å². The van der Waals surface area contributed by atoms with Gasteiger partial charge in [-0.15, -0.1) is 0 Å². The van der Waals surface area contributed by atoms with Crippen LogP contribution in [-0.4, -0.2) is 60.2 Å². The van der Waals surface area contributed by atoms with Gasteiger partial charge in [-0.1, -0.05) is 13.8 Å². The number of likely N-dealkylation sites (tertiary alicyclic amines) is 1. The highest BCUT2D eigenvalue weighted by Crippen LogP contribution is 2.27. The number of nitrogens with zero attached hydrogens (tertiary/aromatic N) is 2. The first-order valence-electron chi connectivity index (χ1n) is 8.78. The third-order valence-corrected chi connectivity index (χ3v) is 4.53. The van der Waals surface area contributed by atoms with Crippen LogP contribution >= 0.6 is 0 Å². The number of ether oxygens (including phenoxy) is 1. The zero-order valence-corrected chi connectivity index (χ0v) is 15.6. The van der Waals surface area contributed by atoms with Crippen LogP contribution in [0.15, 0.2) is 18.2 Å². The van der Waals surface area contributed by atoms with Gasteiger partial charge in [0.05, 0.1) is 7.11 Å². The molecule has 0 unspecified atom stereocenters. The molecule has 0 aliphatic carbocycles. The van der Waals surface area contributed by atoms with Gasteiger partial charge in [-0.3, -0.25) is 4.79 Å². The Morgan fingerprint density at radius 2 is 2.16 bits per heavy atom. The molecular formula is C19H29FN2O3. The van der Waals surface area contributed by atoms with E-state index in [1.807, 2.05) is 11.9 Å². The molecule has 1 atom stereocenters. The standard InChI is InChI=1S/C19H29FN2O3/c1-14(2)11-21(3)13-19(24)8-5-9-22(18(19)23)12-15-10-16(25-4)6-7-17(15)20/h6-7,10,14,24H,5,8-9,11-13H2,1-4H3/t19-/m0/s1. The summed E-state index contributed by atoms with van der Waals surface area (Å²) in [5.74, 6) is 0.304. The predicted molar refractivity (Wildman–Crippen MR) is 94.9 cm³/mol. The predicted octanol–water partition coefficient (Wildman–Crippen LogP) is 2.28. The number of hydrogen-bond donors (Lipinski definition) is 1. The highest BCUT2D eigenvalue weighted by atomic mass is 19.1. The van der Waals surface area contributed by atoms with E-state index in [4.69, 9.17) is 4.74 Å². The van der Waals surface area contributed by atoms with Crippen LogP contribution in [-0.2, 0) is 11.3 Å². The zero-order valence-electron chi connectivity index (χ0n) is 15.6. The highest BCUT2D eigenvalue weighted by molar-refractivity contribution is 5.86. The molecule has 6 heteroatoms. The molecule has 1 amide bonds. The third-order valence-electron chi connectivity index (χ3n) is 4.53. The summed E-state index contributed by atoms with van der Waals surface area (Å²) in [4.78, 5) is 16.4. The molecule has 0 bridgehead atoms. The highest BCUT2D eigenvalue weighted by Gasteiger charge is 2.43. The molecule has 1 N–H and O–H groups in total. The number of hydrogen-bond acceptors (Lipinski definition) is 4. The number of halogens is 1. The van der Waals surface area contributed by atoms with Crippen molar-refractivity contribution in [3.8, 4) is 5.75 Å². The summed E-state index contributed by atoms with van der Waals surface area (Å²) >= 11 is 0. The maximum Gasteiger partial charge on any atom is 0.256 e. The van der Waals surface area contributed by atoms with Crippen LogP contribution in [0.1, 0.15) is 32.3 Å². The number of aliphatic hydroxyl groups is 1. The topological polar surface area (TPSA) is 53.0 Å². The van der Waals surface area contributed by atoms with Gasteiger partial charge < -0.3 is 19.6 Å². The first kappa shape index (κ1) is 19.7. The Hall–Kier alpha value is -1.66. The van der Waals surface area contributed by atoms with Crippen molar-refractivity contribution in [1.82, 2.24) is 9.80 Å². The summed E-state index contributed by atoms with van der Waals surface area (Å²) in [6.45, 7) is 5.95. The number of carbonyl (C=O) groups is 1. The van der Waals surface area contributed by atoms with Crippen LogP contribution in [0.25, 0.3) is 0 Å². The van der Waals surface area contributed by atoms with Crippen LogP contribution in [0.4, 0.5) is 4.39 Å². The molecule has 5 nitrogen and oxygen atoms in total. The average Bonchev–Trinajstić information content (AvgIpc) is 2.53. The lowest BCUT2D eigenvalue weighted by molar-refractivity contribution is -0.160. The Morgan fingerprint density at radius 1 is 1.44 bits per heavy atom. The van der Waals surface area contributed by atoms with Gasteiger partial charge in [0.25, 0.3) is 5.91 Å². The average molecular weight is 352 g/mol. The Labute approximate surface area is 149 Å². The molecule has 0 saturated carbocycles. The molecule has 1 aliphatic heterocycles. The van der Waals surface area contributed by atoms with E-state index in [0.29, 0.717) is 43.2 Å². The van der Waals surface area contributed by atoms with Crippen LogP contribution in [0.5, 0.6) is 5.75 Å². The molecule has 140 valence electrons. The van der Waals surface area contributed by atoms with Gasteiger partial charge in [-0.2, -0.15) is 0 Å². The Bertz CT molecular complexity index is 608. The smallest absolute Gasteiger partial charge is 0.256 e. The van der Waals surface area contributed by atoms with Gasteiger partial charge in [-0.25, -0.2) is 4.39 Å². The maximum absolute atomic E-state index is 14.1. The normalized spacial score (nSPS) is 21.3. The van der Waals surface area contributed by atoms with Crippen molar-refractivity contribution in [3.63, 3.8) is 0 Å². The lowest BCUT2D eigenvalue weighted by Crippen LogP contribution is -2.58. The Kier molecular flexibility index (Phi) is 6.41. The van der Waals surface area contributed by atoms with E-state index in [0.717, 1.165) is 6.54 Å². The maximum atomic E-state index is 14.1. The van der Waals surface area contributed by atoms with Crippen molar-refractivity contribution in [2.45, 2.75) is 38.8 Å². The molecule has 0 spiro atoms. The summed E-state index contributed by atoms with van der Waals surface area (Å²) in [6, 6.07) is 4.49. The summed E-state index contributed by atoms with van der Waals surface area (Å²) in [6.07, 6.45) is 1.13. The van der Waals surface area contributed by atoms with E-state index in [1.54, 1.807) is 17.0 Å². The number of benzene rings is 1. The molecule has 1 aromatic carbocycles. The second kappa shape index (κ2) is 8.15. The fraction of sp³-hybridized carbons (Fsp3) is 0.632. The van der Waals surface area contributed by atoms with E-state index in [9.17, 15) is 14.3 Å². The SMILES string of the molecule is COc1ccc(F)c(CN2CCC[C@](O)(CN(C)CC(C)C)C2=O)c1. The van der Waals surface area contributed by atoms with Crippen LogP contribution in [0.3, 0.4) is 0 Å². The molecule has 0 radical (unpaired) electrons. The summed E-state index contributed by atoms with van der Waals surface area (Å²) in [5.41, 5.74) is -1.01. The van der Waals surface area contributed by atoms with Crippen molar-refractivity contribution >= 4 is 5.91 Å². The van der Waals surface area contributed by atoms with E-state index < -0.39 is 5.60 Å². The Balaban J connectivity index is 2.11. The molecule has 0 aromatic heterocycles. The zero-order chi connectivity index (χ0) is 18.6. The minimum Gasteiger partial charge on any atom is -0.497 e. The van der Waals surface area contributed by atoms with Crippen LogP contribution < -0.4 is 4.74 Å². The molecule has 25 heavy (non-hydrogen) atoms. The number of carbonyl (C=O) groups excluding carboxylic acids is 1. The van der Waals surface area contributed by atoms with Crippen molar-refractivity contribution in [2.75, 3.05) is 33.8 Å². The number of piperidine rings is 1. The summed E-state index contributed by atoms with van der Waals surface area (Å²) < 4.78 is 19.2. The van der Waals surface area contributed by atoms with E-state index in [-0.39, 0.29) is 18.3 Å². The quantitative estimate of drug-likeness (QED) is 0.818. The van der Waals surface area contributed by atoms with Crippen molar-refractivity contribution in [2.24, 2.45) is 5.92 Å². The van der Waals surface area contributed by atoms with Gasteiger partial charge in [0.15, 0.2) is 5.60 Å². The summed E-state index contributed by atoms with van der Waals surface area (Å²) in [7, 11) is 3.43. The molecule has 2 rings (SSSR count). The lowest BCUT2D eigenvalue weighted by Gasteiger charge is -2.40. The second-order valence-corrected chi connectivity index (χ2v) is 7.41. The molecule has 1 aliphatic rings. The molecule has 1 fully saturated rings. The van der Waals surface area contributed by atoms with Gasteiger partial charge in [0, 0.05) is 31.7 Å². The molecular weight excluding hydrogens is 323 g/mol. The lowest BCUT2D eigenvalue weighted by atomic mass is 9.90. The fourth-order valence-corrected chi connectivity index (χ4v) is 3.50. The molecule has 1 heterocycles. The van der Waals surface area contributed by atoms with Crippen molar-refractivity contribution in [3.05, 3.63) is 29.6 Å². The van der Waals surface area contributed by atoms with E-state index >= 15 is 0 Å². The van der Waals surface area contributed by atoms with Crippen molar-refractivity contribution < 1.29 is 19.0 Å². The number of rotatable bonds is 7. The number of likely N-dealkylation sites (N-methyl/N-ethyl adjacent to an activating group) is 1. The van der Waals surface area contributed by atoms with Crippen LogP contribution in [0, 0.1) is 11.7 Å². The monoisotopic (exact) mass is 352 g/mol. The number of methoxy groups -OCH3 is 1. The van der Waals surface area contributed by atoms with Crippen LogP contribution in [0.2, 0.25) is 0 Å². The van der Waals surface area contributed by atoms with Gasteiger partial charge in [0.2, 0.25) is 0 Å². The molecule has 1 aromatic rings. The second-order valence-electron chi connectivity index (χ2n) is 7.41. The number of amides is 1. The minimum atomic E-state index is -1.41. The first-order valence-corrected chi connectivity index (χ1v) is 8.78. The van der Waals surface area contributed by atoms with E-state index in [1.165, 1.54) is 13.2 Å². The minimum absolute atomic E-state index is 0.137. The molecule has 1 saturated heterocycles. The Morgan fingerprint density at radius 3 is 2.80 bits per heavy atom. The third kappa shape index (κ3) is 4.92. The van der Waals surface area contributed by atoms with E-state index in [2.05, 4.69) is 13.8 Å². The first-order chi connectivity index (χ1) is 11.7. The van der Waals surface area contributed by atoms with Gasteiger partial charge in [-0.05, 0) is 44.0 Å².